The van der Waals surface area contributed by atoms with Gasteiger partial charge < -0.3 is 28.4 Å². The van der Waals surface area contributed by atoms with Gasteiger partial charge in [0.15, 0.2) is 0 Å². The van der Waals surface area contributed by atoms with Crippen molar-refractivity contribution in [2.45, 2.75) is 38.5 Å². The van der Waals surface area contributed by atoms with Crippen LogP contribution in [0.2, 0.25) is 0 Å². The van der Waals surface area contributed by atoms with E-state index in [1.54, 1.807) is 48.7 Å². The van der Waals surface area contributed by atoms with E-state index in [1.807, 2.05) is 24.3 Å². The maximum atomic E-state index is 12.7. The van der Waals surface area contributed by atoms with Gasteiger partial charge in [-0.1, -0.05) is 13.2 Å². The van der Waals surface area contributed by atoms with E-state index >= 15 is 0 Å². The van der Waals surface area contributed by atoms with E-state index in [0.29, 0.717) is 54.9 Å². The third kappa shape index (κ3) is 13.7. The molecule has 3 rings (SSSR count). The summed E-state index contributed by atoms with van der Waals surface area (Å²) in [5.74, 6) is 0.836. The van der Waals surface area contributed by atoms with Gasteiger partial charge in [-0.3, -0.25) is 4.99 Å². The number of hydrogen-bond donors (Lipinski definition) is 0. The van der Waals surface area contributed by atoms with Gasteiger partial charge in [-0.05, 0) is 105 Å². The molecule has 248 valence electrons. The molecule has 10 heteroatoms. The third-order valence-electron chi connectivity index (χ3n) is 6.62. The third-order valence-corrected chi connectivity index (χ3v) is 6.62. The van der Waals surface area contributed by atoms with Crippen LogP contribution in [0.1, 0.15) is 54.4 Å². The Bertz CT molecular complexity index is 1480. The van der Waals surface area contributed by atoms with Crippen molar-refractivity contribution in [2.75, 3.05) is 33.5 Å². The monoisotopic (exact) mass is 643 g/mol. The minimum absolute atomic E-state index is 0.323. The summed E-state index contributed by atoms with van der Waals surface area (Å²) < 4.78 is 32.4. The van der Waals surface area contributed by atoms with Crippen LogP contribution in [0.4, 0.5) is 5.69 Å². The number of unbranched alkanes of at least 4 members (excludes halogenated alkanes) is 4. The van der Waals surface area contributed by atoms with Crippen molar-refractivity contribution < 1.29 is 42.8 Å². The number of methoxy groups -OCH3 is 1. The molecule has 0 fully saturated rings. The molecule has 0 radical (unpaired) electrons. The molecule has 10 nitrogen and oxygen atoms in total. The molecular formula is C37H41NO9. The van der Waals surface area contributed by atoms with E-state index in [4.69, 9.17) is 28.4 Å². The molecule has 0 aliphatic rings. The second-order valence-corrected chi connectivity index (χ2v) is 10.1. The number of carbonyl (C=O) groups is 3. The van der Waals surface area contributed by atoms with Crippen LogP contribution in [-0.2, 0) is 19.1 Å². The number of esters is 3. The molecule has 0 aromatic heterocycles. The molecule has 0 heterocycles. The molecule has 0 atom stereocenters. The van der Waals surface area contributed by atoms with E-state index in [9.17, 15) is 14.4 Å². The topological polar surface area (TPSA) is 119 Å². The number of benzene rings is 3. The summed E-state index contributed by atoms with van der Waals surface area (Å²) >= 11 is 0. The lowest BCUT2D eigenvalue weighted by Crippen LogP contribution is -2.08. The molecule has 0 unspecified atom stereocenters. The smallest absolute Gasteiger partial charge is 0.343 e. The second kappa shape index (κ2) is 20.6. The Hall–Kier alpha value is -5.38. The molecule has 0 N–H and O–H groups in total. The molecule has 3 aromatic rings. The molecule has 0 spiro atoms. The van der Waals surface area contributed by atoms with Gasteiger partial charge in [0.2, 0.25) is 0 Å². The Morgan fingerprint density at radius 2 is 1.17 bits per heavy atom. The Morgan fingerprint density at radius 3 is 1.70 bits per heavy atom. The van der Waals surface area contributed by atoms with Crippen molar-refractivity contribution in [1.29, 1.82) is 0 Å². The zero-order valence-electron chi connectivity index (χ0n) is 26.7. The first-order valence-electron chi connectivity index (χ1n) is 15.4. The normalized spacial score (nSPS) is 10.6. The minimum atomic E-state index is -0.514. The summed E-state index contributed by atoms with van der Waals surface area (Å²) in [6.07, 6.45) is 8.94. The molecule has 3 aromatic carbocycles. The van der Waals surface area contributed by atoms with Crippen molar-refractivity contribution in [3.05, 3.63) is 103 Å². The minimum Gasteiger partial charge on any atom is -0.494 e. The lowest BCUT2D eigenvalue weighted by molar-refractivity contribution is -0.138. The lowest BCUT2D eigenvalue weighted by atomic mass is 10.2. The van der Waals surface area contributed by atoms with Gasteiger partial charge >= 0.3 is 17.9 Å². The molecule has 0 amide bonds. The van der Waals surface area contributed by atoms with Crippen molar-refractivity contribution in [2.24, 2.45) is 4.99 Å². The number of carbonyl (C=O) groups excluding carboxylic acids is 3. The van der Waals surface area contributed by atoms with Crippen LogP contribution in [-0.4, -0.2) is 57.7 Å². The summed E-state index contributed by atoms with van der Waals surface area (Å²) in [5.41, 5.74) is 1.82. The van der Waals surface area contributed by atoms with Gasteiger partial charge in [-0.25, -0.2) is 14.4 Å². The molecule has 0 aliphatic carbocycles. The Morgan fingerprint density at radius 1 is 0.660 bits per heavy atom. The van der Waals surface area contributed by atoms with E-state index in [0.717, 1.165) is 62.0 Å². The number of aliphatic imine (C=N–C) groups is 1. The van der Waals surface area contributed by atoms with E-state index in [2.05, 4.69) is 18.2 Å². The van der Waals surface area contributed by atoms with Gasteiger partial charge in [0.05, 0.1) is 39.1 Å². The number of nitrogens with zero attached hydrogens (tertiary/aromatic N) is 1. The molecular weight excluding hydrogens is 602 g/mol. The van der Waals surface area contributed by atoms with Gasteiger partial charge in [-0.15, -0.1) is 0 Å². The average Bonchev–Trinajstić information content (AvgIpc) is 3.10. The summed E-state index contributed by atoms with van der Waals surface area (Å²) in [4.78, 5) is 39.3. The maximum Gasteiger partial charge on any atom is 0.343 e. The van der Waals surface area contributed by atoms with Crippen LogP contribution >= 0.6 is 0 Å². The van der Waals surface area contributed by atoms with Crippen LogP contribution in [0.3, 0.4) is 0 Å². The molecule has 0 bridgehead atoms. The van der Waals surface area contributed by atoms with Crippen LogP contribution in [0.5, 0.6) is 23.0 Å². The van der Waals surface area contributed by atoms with Crippen LogP contribution in [0, 0.1) is 0 Å². The highest BCUT2D eigenvalue weighted by atomic mass is 16.5. The quantitative estimate of drug-likeness (QED) is 0.0390. The van der Waals surface area contributed by atoms with Crippen LogP contribution in [0.15, 0.2) is 97.0 Å². The molecule has 0 saturated heterocycles. The number of ether oxygens (including phenoxy) is 6. The van der Waals surface area contributed by atoms with Gasteiger partial charge in [0, 0.05) is 24.4 Å². The number of rotatable bonds is 21. The summed E-state index contributed by atoms with van der Waals surface area (Å²) in [7, 11) is 1.52. The summed E-state index contributed by atoms with van der Waals surface area (Å²) in [6, 6.07) is 19.3. The van der Waals surface area contributed by atoms with Crippen molar-refractivity contribution in [3.8, 4) is 23.0 Å². The maximum absolute atomic E-state index is 12.7. The standard InChI is InChI=1S/C37H41NO9/c1-4-35(39)45-24-10-6-8-22-43-30-16-12-28(13-17-30)27-38-33-21-20-32(26-34(33)42-3)47-37(41)29-14-18-31(19-15-29)44-23-9-7-11-25-46-36(40)5-2/h4-5,12-21,26-27H,1-2,6-11,22-25H2,3H3/b38-27+. The van der Waals surface area contributed by atoms with Crippen molar-refractivity contribution in [3.63, 3.8) is 0 Å². The van der Waals surface area contributed by atoms with Crippen molar-refractivity contribution in [1.82, 2.24) is 0 Å². The molecule has 0 saturated carbocycles. The van der Waals surface area contributed by atoms with Gasteiger partial charge in [-0.2, -0.15) is 0 Å². The van der Waals surface area contributed by atoms with E-state index < -0.39 is 17.9 Å². The first kappa shape index (κ1) is 36.1. The predicted octanol–water partition coefficient (Wildman–Crippen LogP) is 7.22. The van der Waals surface area contributed by atoms with E-state index in [1.165, 1.54) is 7.11 Å². The first-order valence-corrected chi connectivity index (χ1v) is 15.4. The highest BCUT2D eigenvalue weighted by Crippen LogP contribution is 2.32. The van der Waals surface area contributed by atoms with E-state index in [-0.39, 0.29) is 0 Å². The lowest BCUT2D eigenvalue weighted by Gasteiger charge is -2.10. The fraction of sp³-hybridized carbons (Fsp3) is 0.297. The van der Waals surface area contributed by atoms with Gasteiger partial charge in [0.25, 0.3) is 0 Å². The molecule has 0 aliphatic heterocycles. The largest absolute Gasteiger partial charge is 0.494 e. The first-order chi connectivity index (χ1) is 22.9. The van der Waals surface area contributed by atoms with Gasteiger partial charge in [0.1, 0.15) is 28.7 Å². The van der Waals surface area contributed by atoms with Crippen LogP contribution in [0.25, 0.3) is 0 Å². The number of hydrogen-bond acceptors (Lipinski definition) is 10. The van der Waals surface area contributed by atoms with Crippen molar-refractivity contribution >= 4 is 29.8 Å². The highest BCUT2D eigenvalue weighted by molar-refractivity contribution is 5.91. The SMILES string of the molecule is C=CC(=O)OCCCCCOc1ccc(/C=N/c2ccc(OC(=O)c3ccc(OCCCCCOC(=O)C=C)cc3)cc2OC)cc1. The zero-order chi connectivity index (χ0) is 33.7. The average molecular weight is 644 g/mol. The summed E-state index contributed by atoms with van der Waals surface area (Å²) in [6.45, 7) is 8.54. The predicted molar refractivity (Wildman–Crippen MR) is 179 cm³/mol. The second-order valence-electron chi connectivity index (χ2n) is 10.1. The fourth-order valence-corrected chi connectivity index (χ4v) is 4.08. The fourth-order valence-electron chi connectivity index (χ4n) is 4.08. The Kier molecular flexibility index (Phi) is 15.8. The highest BCUT2D eigenvalue weighted by Gasteiger charge is 2.12. The van der Waals surface area contributed by atoms with Crippen LogP contribution < -0.4 is 18.9 Å². The zero-order valence-corrected chi connectivity index (χ0v) is 26.7. The Balaban J connectivity index is 1.41. The summed E-state index contributed by atoms with van der Waals surface area (Å²) in [5, 5.41) is 0. The molecule has 47 heavy (non-hydrogen) atoms. The Labute approximate surface area is 275 Å².